The van der Waals surface area contributed by atoms with E-state index in [2.05, 4.69) is 9.47 Å². The summed E-state index contributed by atoms with van der Waals surface area (Å²) in [7, 11) is 0. The Kier molecular flexibility index (Phi) is 4.55. The number of hydrogen-bond acceptors (Lipinski definition) is 4. The molecule has 0 bridgehead atoms. The molecule has 0 aliphatic carbocycles. The maximum atomic E-state index is 11.9. The number of hydrogen-bond donors (Lipinski definition) is 1. The number of rotatable bonds is 4. The Balaban J connectivity index is 2.73. The lowest BCUT2D eigenvalue weighted by Crippen LogP contribution is -2.17. The number of halogens is 3. The van der Waals surface area contributed by atoms with Crippen LogP contribution in [0.15, 0.2) is 24.3 Å². The summed E-state index contributed by atoms with van der Waals surface area (Å²) in [6, 6.07) is 4.32. The van der Waals surface area contributed by atoms with Crippen molar-refractivity contribution in [2.24, 2.45) is 0 Å². The van der Waals surface area contributed by atoms with E-state index in [-0.39, 0.29) is 12.2 Å². The molecule has 1 aromatic rings. The summed E-state index contributed by atoms with van der Waals surface area (Å²) in [5.41, 5.74) is 0.128. The molecular weight excluding hydrogens is 253 g/mol. The number of aliphatic hydroxyl groups is 1. The molecule has 0 aliphatic rings. The molecule has 1 atom stereocenters. The first-order chi connectivity index (χ1) is 8.33. The van der Waals surface area contributed by atoms with Crippen LogP contribution in [-0.2, 0) is 9.53 Å². The minimum Gasteiger partial charge on any atom is -0.464 e. The van der Waals surface area contributed by atoms with Gasteiger partial charge in [-0.05, 0) is 24.6 Å². The Morgan fingerprint density at radius 2 is 1.89 bits per heavy atom. The van der Waals surface area contributed by atoms with Crippen molar-refractivity contribution in [1.82, 2.24) is 0 Å². The van der Waals surface area contributed by atoms with Gasteiger partial charge in [0.15, 0.2) is 6.10 Å². The number of esters is 1. The standard InChI is InChI=1S/C11H11F3O4/c1-2-17-10(16)9(15)7-3-5-8(6-4-7)18-11(12,13)14/h3-6,9,15H,2H2,1H3. The largest absolute Gasteiger partial charge is 0.573 e. The second kappa shape index (κ2) is 5.72. The highest BCUT2D eigenvalue weighted by Gasteiger charge is 2.31. The molecule has 0 aromatic heterocycles. The van der Waals surface area contributed by atoms with Crippen molar-refractivity contribution in [3.05, 3.63) is 29.8 Å². The highest BCUT2D eigenvalue weighted by molar-refractivity contribution is 5.76. The topological polar surface area (TPSA) is 55.8 Å². The van der Waals surface area contributed by atoms with Gasteiger partial charge in [0.1, 0.15) is 5.75 Å². The quantitative estimate of drug-likeness (QED) is 0.847. The van der Waals surface area contributed by atoms with E-state index in [1.807, 2.05) is 0 Å². The Labute approximate surface area is 101 Å². The van der Waals surface area contributed by atoms with Gasteiger partial charge < -0.3 is 14.6 Å². The van der Waals surface area contributed by atoms with Crippen LogP contribution < -0.4 is 4.74 Å². The van der Waals surface area contributed by atoms with E-state index in [9.17, 15) is 23.1 Å². The molecule has 0 saturated heterocycles. The van der Waals surface area contributed by atoms with Crippen LogP contribution in [0.25, 0.3) is 0 Å². The first-order valence-corrected chi connectivity index (χ1v) is 5.04. The second-order valence-corrected chi connectivity index (χ2v) is 3.27. The summed E-state index contributed by atoms with van der Waals surface area (Å²) in [6.45, 7) is 1.68. The number of benzene rings is 1. The molecule has 4 nitrogen and oxygen atoms in total. The maximum absolute atomic E-state index is 11.9. The number of alkyl halides is 3. The average molecular weight is 264 g/mol. The van der Waals surface area contributed by atoms with Gasteiger partial charge in [-0.25, -0.2) is 4.79 Å². The van der Waals surface area contributed by atoms with Gasteiger partial charge >= 0.3 is 12.3 Å². The van der Waals surface area contributed by atoms with E-state index in [0.717, 1.165) is 24.3 Å². The maximum Gasteiger partial charge on any atom is 0.573 e. The molecule has 0 fully saturated rings. The van der Waals surface area contributed by atoms with E-state index in [1.165, 1.54) is 0 Å². The number of ether oxygens (including phenoxy) is 2. The van der Waals surface area contributed by atoms with Crippen LogP contribution >= 0.6 is 0 Å². The van der Waals surface area contributed by atoms with E-state index >= 15 is 0 Å². The minimum absolute atomic E-state index is 0.102. The zero-order valence-corrected chi connectivity index (χ0v) is 9.40. The third kappa shape index (κ3) is 4.25. The van der Waals surface area contributed by atoms with Gasteiger partial charge in [0.25, 0.3) is 0 Å². The molecule has 0 spiro atoms. The van der Waals surface area contributed by atoms with Gasteiger partial charge in [-0.2, -0.15) is 0 Å². The lowest BCUT2D eigenvalue weighted by Gasteiger charge is -2.12. The third-order valence-corrected chi connectivity index (χ3v) is 1.94. The Morgan fingerprint density at radius 3 is 2.33 bits per heavy atom. The van der Waals surface area contributed by atoms with Gasteiger partial charge in [-0.1, -0.05) is 12.1 Å². The van der Waals surface area contributed by atoms with Gasteiger partial charge in [-0.3, -0.25) is 0 Å². The Hall–Kier alpha value is -1.76. The van der Waals surface area contributed by atoms with Crippen molar-refractivity contribution in [2.45, 2.75) is 19.4 Å². The Morgan fingerprint density at radius 1 is 1.33 bits per heavy atom. The molecular formula is C11H11F3O4. The highest BCUT2D eigenvalue weighted by Crippen LogP contribution is 2.24. The number of carbonyl (C=O) groups excluding carboxylic acids is 1. The SMILES string of the molecule is CCOC(=O)C(O)c1ccc(OC(F)(F)F)cc1. The molecule has 0 aliphatic heterocycles. The summed E-state index contributed by atoms with van der Waals surface area (Å²) in [6.07, 6.45) is -6.30. The molecule has 1 unspecified atom stereocenters. The average Bonchev–Trinajstić information content (AvgIpc) is 2.27. The van der Waals surface area contributed by atoms with Crippen LogP contribution in [0, 0.1) is 0 Å². The minimum atomic E-state index is -4.78. The van der Waals surface area contributed by atoms with Crippen molar-refractivity contribution in [1.29, 1.82) is 0 Å². The molecule has 7 heteroatoms. The molecule has 0 saturated carbocycles. The molecule has 0 heterocycles. The summed E-state index contributed by atoms with van der Waals surface area (Å²) in [5, 5.41) is 9.51. The van der Waals surface area contributed by atoms with Crippen LogP contribution in [0.1, 0.15) is 18.6 Å². The van der Waals surface area contributed by atoms with E-state index in [1.54, 1.807) is 6.92 Å². The molecule has 0 radical (unpaired) electrons. The fraction of sp³-hybridized carbons (Fsp3) is 0.364. The number of aliphatic hydroxyl groups excluding tert-OH is 1. The van der Waals surface area contributed by atoms with Gasteiger partial charge in [0.05, 0.1) is 6.61 Å². The van der Waals surface area contributed by atoms with Crippen molar-refractivity contribution in [2.75, 3.05) is 6.61 Å². The predicted octanol–water partition coefficient (Wildman–Crippen LogP) is 2.18. The fourth-order valence-electron chi connectivity index (χ4n) is 1.21. The van der Waals surface area contributed by atoms with Gasteiger partial charge in [0, 0.05) is 0 Å². The smallest absolute Gasteiger partial charge is 0.464 e. The monoisotopic (exact) mass is 264 g/mol. The summed E-state index contributed by atoms with van der Waals surface area (Å²) in [5.74, 6) is -1.29. The Bertz CT molecular complexity index is 400. The zero-order valence-electron chi connectivity index (χ0n) is 9.40. The molecule has 1 N–H and O–H groups in total. The van der Waals surface area contributed by atoms with Crippen LogP contribution in [0.3, 0.4) is 0 Å². The van der Waals surface area contributed by atoms with Crippen LogP contribution in [-0.4, -0.2) is 24.0 Å². The predicted molar refractivity (Wildman–Crippen MR) is 54.7 cm³/mol. The van der Waals surface area contributed by atoms with Crippen molar-refractivity contribution in [3.8, 4) is 5.75 Å². The molecule has 100 valence electrons. The normalized spacial score (nSPS) is 12.9. The second-order valence-electron chi connectivity index (χ2n) is 3.27. The zero-order chi connectivity index (χ0) is 13.8. The lowest BCUT2D eigenvalue weighted by atomic mass is 10.1. The fourth-order valence-corrected chi connectivity index (χ4v) is 1.21. The van der Waals surface area contributed by atoms with E-state index in [0.29, 0.717) is 0 Å². The molecule has 1 aromatic carbocycles. The van der Waals surface area contributed by atoms with Crippen molar-refractivity contribution < 1.29 is 32.5 Å². The lowest BCUT2D eigenvalue weighted by molar-refractivity contribution is -0.274. The first-order valence-electron chi connectivity index (χ1n) is 5.04. The van der Waals surface area contributed by atoms with Crippen molar-refractivity contribution in [3.63, 3.8) is 0 Å². The van der Waals surface area contributed by atoms with Crippen LogP contribution in [0.5, 0.6) is 5.75 Å². The van der Waals surface area contributed by atoms with Crippen molar-refractivity contribution >= 4 is 5.97 Å². The van der Waals surface area contributed by atoms with E-state index < -0.39 is 24.2 Å². The van der Waals surface area contributed by atoms with Gasteiger partial charge in [0.2, 0.25) is 0 Å². The highest BCUT2D eigenvalue weighted by atomic mass is 19.4. The molecule has 1 rings (SSSR count). The first kappa shape index (κ1) is 14.3. The van der Waals surface area contributed by atoms with Crippen LogP contribution in [0.2, 0.25) is 0 Å². The molecule has 18 heavy (non-hydrogen) atoms. The third-order valence-electron chi connectivity index (χ3n) is 1.94. The summed E-state index contributed by atoms with van der Waals surface area (Å²) >= 11 is 0. The van der Waals surface area contributed by atoms with Crippen LogP contribution in [0.4, 0.5) is 13.2 Å². The van der Waals surface area contributed by atoms with Gasteiger partial charge in [-0.15, -0.1) is 13.2 Å². The number of carbonyl (C=O) groups is 1. The van der Waals surface area contributed by atoms with E-state index in [4.69, 9.17) is 0 Å². The summed E-state index contributed by atoms with van der Waals surface area (Å²) in [4.78, 5) is 11.2. The summed E-state index contributed by atoms with van der Waals surface area (Å²) < 4.78 is 43.9. The molecule has 0 amide bonds.